The van der Waals surface area contributed by atoms with E-state index < -0.39 is 11.8 Å². The molecular weight excluding hydrogens is 367 g/mol. The summed E-state index contributed by atoms with van der Waals surface area (Å²) in [5.41, 5.74) is 1.57. The molecule has 0 amide bonds. The third-order valence-electron chi connectivity index (χ3n) is 4.02. The summed E-state index contributed by atoms with van der Waals surface area (Å²) in [4.78, 5) is 25.2. The molecule has 1 aliphatic rings. The highest BCUT2D eigenvalue weighted by molar-refractivity contribution is 7.12. The number of esters is 1. The smallest absolute Gasteiger partial charge is 0.353 e. The van der Waals surface area contributed by atoms with Crippen molar-refractivity contribution in [2.24, 2.45) is 0 Å². The number of Topliss-reactive ketones (excluding diaryl/α,β-unsaturated/α-hetero) is 1. The lowest BCUT2D eigenvalue weighted by Crippen LogP contribution is -2.06. The Morgan fingerprint density at radius 1 is 1.19 bits per heavy atom. The van der Waals surface area contributed by atoms with Crippen molar-refractivity contribution in [3.63, 3.8) is 0 Å². The van der Waals surface area contributed by atoms with Crippen LogP contribution in [0.5, 0.6) is 11.5 Å². The monoisotopic (exact) mass is 380 g/mol. The molecule has 3 aromatic rings. The number of thiophene rings is 1. The normalized spacial score (nSPS) is 14.1. The van der Waals surface area contributed by atoms with Gasteiger partial charge in [-0.05, 0) is 53.8 Å². The Kier molecular flexibility index (Phi) is 4.33. The van der Waals surface area contributed by atoms with Crippen molar-refractivity contribution in [2.75, 3.05) is 0 Å². The predicted octanol–water partition coefficient (Wildman–Crippen LogP) is 5.03. The third-order valence-corrected chi connectivity index (χ3v) is 4.87. The standard InChI is InChI=1S/C21H13FO4S/c1-12-8-15(25-21(24)18-6-3-7-27-18)11-16-19(12)20(23)17(26-16)10-13-4-2-5-14(22)9-13/h2-11H,1H3/b17-10-. The molecule has 27 heavy (non-hydrogen) atoms. The number of carbonyl (C=O) groups excluding carboxylic acids is 2. The van der Waals surface area contributed by atoms with Gasteiger partial charge in [0, 0.05) is 6.07 Å². The summed E-state index contributed by atoms with van der Waals surface area (Å²) >= 11 is 1.28. The number of ether oxygens (including phenoxy) is 2. The second-order valence-electron chi connectivity index (χ2n) is 5.97. The number of hydrogen-bond acceptors (Lipinski definition) is 5. The number of aryl methyl sites for hydroxylation is 1. The first-order chi connectivity index (χ1) is 13.0. The molecule has 1 aliphatic heterocycles. The maximum absolute atomic E-state index is 13.4. The highest BCUT2D eigenvalue weighted by Crippen LogP contribution is 2.37. The Morgan fingerprint density at radius 3 is 2.78 bits per heavy atom. The van der Waals surface area contributed by atoms with E-state index in [4.69, 9.17) is 9.47 Å². The molecule has 0 unspecified atom stereocenters. The average molecular weight is 380 g/mol. The predicted molar refractivity (Wildman–Crippen MR) is 99.8 cm³/mol. The van der Waals surface area contributed by atoms with Crippen LogP contribution in [0.4, 0.5) is 4.39 Å². The lowest BCUT2D eigenvalue weighted by atomic mass is 10.0. The maximum atomic E-state index is 13.4. The van der Waals surface area contributed by atoms with E-state index in [1.54, 1.807) is 42.6 Å². The van der Waals surface area contributed by atoms with E-state index >= 15 is 0 Å². The molecule has 134 valence electrons. The summed E-state index contributed by atoms with van der Waals surface area (Å²) in [5.74, 6) is -0.445. The molecule has 0 radical (unpaired) electrons. The molecule has 0 bridgehead atoms. The van der Waals surface area contributed by atoms with Crippen LogP contribution in [0.3, 0.4) is 0 Å². The number of carbonyl (C=O) groups is 2. The van der Waals surface area contributed by atoms with Crippen LogP contribution in [0.1, 0.15) is 31.2 Å². The zero-order chi connectivity index (χ0) is 19.0. The number of fused-ring (bicyclic) bond motifs is 1. The fourth-order valence-electron chi connectivity index (χ4n) is 2.84. The molecule has 1 aromatic heterocycles. The zero-order valence-corrected chi connectivity index (χ0v) is 15.0. The third kappa shape index (κ3) is 3.39. The minimum absolute atomic E-state index is 0.0976. The van der Waals surface area contributed by atoms with Gasteiger partial charge >= 0.3 is 5.97 Å². The van der Waals surface area contributed by atoms with E-state index in [9.17, 15) is 14.0 Å². The van der Waals surface area contributed by atoms with Gasteiger partial charge in [-0.2, -0.15) is 0 Å². The van der Waals surface area contributed by atoms with Crippen LogP contribution in [-0.4, -0.2) is 11.8 Å². The number of halogens is 1. The summed E-state index contributed by atoms with van der Waals surface area (Å²) in [6, 6.07) is 12.4. The van der Waals surface area contributed by atoms with E-state index in [1.807, 2.05) is 0 Å². The Balaban J connectivity index is 1.63. The quantitative estimate of drug-likeness (QED) is 0.363. The Hall–Kier alpha value is -3.25. The molecule has 2 aromatic carbocycles. The second kappa shape index (κ2) is 6.81. The van der Waals surface area contributed by atoms with Crippen LogP contribution in [0.15, 0.2) is 59.7 Å². The van der Waals surface area contributed by atoms with Crippen LogP contribution < -0.4 is 9.47 Å². The van der Waals surface area contributed by atoms with Gasteiger partial charge in [0.15, 0.2) is 5.76 Å². The number of ketones is 1. The van der Waals surface area contributed by atoms with E-state index in [0.29, 0.717) is 33.1 Å². The minimum Gasteiger partial charge on any atom is -0.452 e. The van der Waals surface area contributed by atoms with E-state index in [1.165, 1.54) is 35.6 Å². The Bertz CT molecular complexity index is 1080. The number of rotatable bonds is 3. The summed E-state index contributed by atoms with van der Waals surface area (Å²) in [6.45, 7) is 1.74. The molecule has 2 heterocycles. The van der Waals surface area contributed by atoms with Gasteiger partial charge in [-0.25, -0.2) is 9.18 Å². The first kappa shape index (κ1) is 17.2. The van der Waals surface area contributed by atoms with Gasteiger partial charge in [-0.1, -0.05) is 18.2 Å². The summed E-state index contributed by atoms with van der Waals surface area (Å²) in [7, 11) is 0. The highest BCUT2D eigenvalue weighted by atomic mass is 32.1. The van der Waals surface area contributed by atoms with E-state index in [-0.39, 0.29) is 11.5 Å². The molecule has 0 aliphatic carbocycles. The molecule has 0 saturated carbocycles. The molecule has 0 N–H and O–H groups in total. The van der Waals surface area contributed by atoms with Crippen molar-refractivity contribution in [3.05, 3.63) is 87.1 Å². The lowest BCUT2D eigenvalue weighted by molar-refractivity contribution is 0.0739. The summed E-state index contributed by atoms with van der Waals surface area (Å²) in [6.07, 6.45) is 1.49. The fourth-order valence-corrected chi connectivity index (χ4v) is 3.43. The number of benzene rings is 2. The molecular formula is C21H13FO4S. The largest absolute Gasteiger partial charge is 0.452 e. The van der Waals surface area contributed by atoms with Gasteiger partial charge in [0.2, 0.25) is 5.78 Å². The van der Waals surface area contributed by atoms with Crippen LogP contribution in [-0.2, 0) is 0 Å². The van der Waals surface area contributed by atoms with Crippen molar-refractivity contribution < 1.29 is 23.5 Å². The van der Waals surface area contributed by atoms with Gasteiger partial charge in [0.1, 0.15) is 22.2 Å². The topological polar surface area (TPSA) is 52.6 Å². The van der Waals surface area contributed by atoms with Crippen molar-refractivity contribution in [1.82, 2.24) is 0 Å². The maximum Gasteiger partial charge on any atom is 0.353 e. The van der Waals surface area contributed by atoms with Gasteiger partial charge < -0.3 is 9.47 Å². The SMILES string of the molecule is Cc1cc(OC(=O)c2cccs2)cc2c1C(=O)/C(=C/c1cccc(F)c1)O2. The van der Waals surface area contributed by atoms with Crippen molar-refractivity contribution >= 4 is 29.2 Å². The fraction of sp³-hybridized carbons (Fsp3) is 0.0476. The molecule has 0 fully saturated rings. The Labute approximate surface area is 158 Å². The first-order valence-corrected chi connectivity index (χ1v) is 8.99. The van der Waals surface area contributed by atoms with Crippen LogP contribution in [0, 0.1) is 12.7 Å². The molecule has 4 nitrogen and oxygen atoms in total. The van der Waals surface area contributed by atoms with Gasteiger partial charge in [0.25, 0.3) is 0 Å². The van der Waals surface area contributed by atoms with Crippen LogP contribution >= 0.6 is 11.3 Å². The molecule has 0 spiro atoms. The second-order valence-corrected chi connectivity index (χ2v) is 6.92. The van der Waals surface area contributed by atoms with Gasteiger partial charge in [0.05, 0.1) is 5.56 Å². The van der Waals surface area contributed by atoms with E-state index in [2.05, 4.69) is 0 Å². The van der Waals surface area contributed by atoms with Crippen molar-refractivity contribution in [2.45, 2.75) is 6.92 Å². The highest BCUT2D eigenvalue weighted by Gasteiger charge is 2.30. The van der Waals surface area contributed by atoms with Gasteiger partial charge in [-0.3, -0.25) is 4.79 Å². The van der Waals surface area contributed by atoms with Crippen molar-refractivity contribution in [3.8, 4) is 11.5 Å². The minimum atomic E-state index is -0.468. The van der Waals surface area contributed by atoms with E-state index in [0.717, 1.165) is 0 Å². The summed E-state index contributed by atoms with van der Waals surface area (Å²) in [5, 5.41) is 1.79. The lowest BCUT2D eigenvalue weighted by Gasteiger charge is -2.06. The van der Waals surface area contributed by atoms with Gasteiger partial charge in [-0.15, -0.1) is 11.3 Å². The molecule has 0 saturated heterocycles. The zero-order valence-electron chi connectivity index (χ0n) is 14.2. The van der Waals surface area contributed by atoms with Crippen molar-refractivity contribution in [1.29, 1.82) is 0 Å². The Morgan fingerprint density at radius 2 is 2.04 bits per heavy atom. The summed E-state index contributed by atoms with van der Waals surface area (Å²) < 4.78 is 24.4. The van der Waals surface area contributed by atoms with Crippen LogP contribution in [0.25, 0.3) is 6.08 Å². The molecule has 0 atom stereocenters. The first-order valence-electron chi connectivity index (χ1n) is 8.11. The van der Waals surface area contributed by atoms with Crippen LogP contribution in [0.2, 0.25) is 0 Å². The average Bonchev–Trinajstić information content (AvgIpc) is 3.24. The number of allylic oxidation sites excluding steroid dienone is 1. The molecule has 4 rings (SSSR count). The number of hydrogen-bond donors (Lipinski definition) is 0. The molecule has 6 heteroatoms.